The number of carbonyl (C=O) groups is 1. The van der Waals surface area contributed by atoms with E-state index in [-0.39, 0.29) is 30.7 Å². The van der Waals surface area contributed by atoms with Crippen LogP contribution in [-0.2, 0) is 17.9 Å². The van der Waals surface area contributed by atoms with Gasteiger partial charge in [-0.15, -0.1) is 24.8 Å². The van der Waals surface area contributed by atoms with Crippen LogP contribution in [0.5, 0.6) is 0 Å². The lowest BCUT2D eigenvalue weighted by Crippen LogP contribution is -2.28. The number of hydrogen-bond donors (Lipinski definition) is 2. The van der Waals surface area contributed by atoms with Crippen molar-refractivity contribution in [2.75, 3.05) is 25.0 Å². The zero-order chi connectivity index (χ0) is 17.6. The van der Waals surface area contributed by atoms with Crippen LogP contribution < -0.4 is 10.6 Å². The molecule has 154 valence electrons. The van der Waals surface area contributed by atoms with Crippen molar-refractivity contribution >= 4 is 36.4 Å². The van der Waals surface area contributed by atoms with Crippen molar-refractivity contribution in [3.63, 3.8) is 0 Å². The van der Waals surface area contributed by atoms with Crippen LogP contribution in [0.4, 0.5) is 5.69 Å². The fourth-order valence-electron chi connectivity index (χ4n) is 3.92. The maximum absolute atomic E-state index is 12.4. The van der Waals surface area contributed by atoms with Gasteiger partial charge in [0.2, 0.25) is 5.91 Å². The Morgan fingerprint density at radius 1 is 1.22 bits per heavy atom. The lowest BCUT2D eigenvalue weighted by atomic mass is 9.93. The van der Waals surface area contributed by atoms with Gasteiger partial charge in [0, 0.05) is 25.2 Å². The van der Waals surface area contributed by atoms with E-state index in [0.29, 0.717) is 12.3 Å². The number of anilines is 1. The SMILES string of the molecule is CC(C)CCN1Cc2cccc(NC(=O)CCC3CCNCC3)c2C1.Cl.Cl. The van der Waals surface area contributed by atoms with Crippen molar-refractivity contribution in [2.24, 2.45) is 11.8 Å². The molecule has 2 aliphatic heterocycles. The van der Waals surface area contributed by atoms with Crippen LogP contribution in [0, 0.1) is 11.8 Å². The van der Waals surface area contributed by atoms with E-state index in [1.807, 2.05) is 0 Å². The molecular weight excluding hydrogens is 381 g/mol. The van der Waals surface area contributed by atoms with Gasteiger partial charge < -0.3 is 10.6 Å². The summed E-state index contributed by atoms with van der Waals surface area (Å²) < 4.78 is 0. The fourth-order valence-corrected chi connectivity index (χ4v) is 3.92. The van der Waals surface area contributed by atoms with E-state index in [9.17, 15) is 4.79 Å². The molecule has 0 aliphatic carbocycles. The third kappa shape index (κ3) is 7.26. The van der Waals surface area contributed by atoms with E-state index in [4.69, 9.17) is 0 Å². The molecular formula is C21H35Cl2N3O. The maximum Gasteiger partial charge on any atom is 0.224 e. The molecule has 1 amide bonds. The van der Waals surface area contributed by atoms with Gasteiger partial charge in [-0.05, 0) is 74.3 Å². The Morgan fingerprint density at radius 2 is 1.96 bits per heavy atom. The minimum atomic E-state index is 0. The quantitative estimate of drug-likeness (QED) is 0.682. The van der Waals surface area contributed by atoms with E-state index in [2.05, 4.69) is 47.6 Å². The summed E-state index contributed by atoms with van der Waals surface area (Å²) in [6, 6.07) is 6.34. The highest BCUT2D eigenvalue weighted by Gasteiger charge is 2.22. The van der Waals surface area contributed by atoms with E-state index in [1.165, 1.54) is 30.4 Å². The van der Waals surface area contributed by atoms with Gasteiger partial charge in [0.25, 0.3) is 0 Å². The summed E-state index contributed by atoms with van der Waals surface area (Å²) in [5.74, 6) is 1.62. The van der Waals surface area contributed by atoms with Crippen molar-refractivity contribution < 1.29 is 4.79 Å². The summed E-state index contributed by atoms with van der Waals surface area (Å²) in [7, 11) is 0. The molecule has 2 aliphatic rings. The smallest absolute Gasteiger partial charge is 0.224 e. The minimum absolute atomic E-state index is 0. The Hall–Kier alpha value is -0.810. The number of halogens is 2. The second-order valence-corrected chi connectivity index (χ2v) is 8.12. The molecule has 0 bridgehead atoms. The summed E-state index contributed by atoms with van der Waals surface area (Å²) >= 11 is 0. The number of fused-ring (bicyclic) bond motifs is 1. The highest BCUT2D eigenvalue weighted by Crippen LogP contribution is 2.30. The normalized spacial score (nSPS) is 17.1. The van der Waals surface area contributed by atoms with Gasteiger partial charge in [0.05, 0.1) is 0 Å². The van der Waals surface area contributed by atoms with E-state index >= 15 is 0 Å². The van der Waals surface area contributed by atoms with Crippen LogP contribution in [0.25, 0.3) is 0 Å². The van der Waals surface area contributed by atoms with Gasteiger partial charge in [0.15, 0.2) is 0 Å². The Kier molecular flexibility index (Phi) is 10.7. The van der Waals surface area contributed by atoms with Crippen LogP contribution in [0.3, 0.4) is 0 Å². The van der Waals surface area contributed by atoms with E-state index in [0.717, 1.165) is 50.7 Å². The zero-order valence-corrected chi connectivity index (χ0v) is 18.3. The summed E-state index contributed by atoms with van der Waals surface area (Å²) in [6.07, 6.45) is 5.30. The number of nitrogens with one attached hydrogen (secondary N) is 2. The largest absolute Gasteiger partial charge is 0.326 e. The topological polar surface area (TPSA) is 44.4 Å². The summed E-state index contributed by atoms with van der Waals surface area (Å²) in [5, 5.41) is 6.57. The third-order valence-electron chi connectivity index (χ3n) is 5.58. The monoisotopic (exact) mass is 415 g/mol. The van der Waals surface area contributed by atoms with E-state index in [1.54, 1.807) is 0 Å². The first-order chi connectivity index (χ1) is 12.1. The molecule has 1 aromatic rings. The van der Waals surface area contributed by atoms with Crippen molar-refractivity contribution in [1.82, 2.24) is 10.2 Å². The molecule has 1 saturated heterocycles. The first-order valence-electron chi connectivity index (χ1n) is 9.95. The van der Waals surface area contributed by atoms with Crippen LogP contribution in [-0.4, -0.2) is 30.4 Å². The van der Waals surface area contributed by atoms with Crippen molar-refractivity contribution in [3.8, 4) is 0 Å². The van der Waals surface area contributed by atoms with Crippen molar-refractivity contribution in [3.05, 3.63) is 29.3 Å². The van der Waals surface area contributed by atoms with Gasteiger partial charge in [-0.3, -0.25) is 9.69 Å². The molecule has 0 radical (unpaired) electrons. The zero-order valence-electron chi connectivity index (χ0n) is 16.6. The van der Waals surface area contributed by atoms with Crippen molar-refractivity contribution in [2.45, 2.75) is 59.0 Å². The lowest BCUT2D eigenvalue weighted by molar-refractivity contribution is -0.116. The number of benzene rings is 1. The molecule has 27 heavy (non-hydrogen) atoms. The molecule has 0 unspecified atom stereocenters. The molecule has 3 rings (SSSR count). The Bertz CT molecular complexity index is 589. The molecule has 0 spiro atoms. The molecule has 0 atom stereocenters. The predicted octanol–water partition coefficient (Wildman–Crippen LogP) is 4.61. The van der Waals surface area contributed by atoms with Crippen LogP contribution >= 0.6 is 24.8 Å². The molecule has 0 aromatic heterocycles. The highest BCUT2D eigenvalue weighted by atomic mass is 35.5. The summed E-state index contributed by atoms with van der Waals surface area (Å²) in [4.78, 5) is 14.9. The number of hydrogen-bond acceptors (Lipinski definition) is 3. The van der Waals surface area contributed by atoms with Crippen LogP contribution in [0.15, 0.2) is 18.2 Å². The Morgan fingerprint density at radius 3 is 2.67 bits per heavy atom. The number of nitrogens with zero attached hydrogens (tertiary/aromatic N) is 1. The first-order valence-corrected chi connectivity index (χ1v) is 9.95. The number of carbonyl (C=O) groups excluding carboxylic acids is 1. The molecule has 1 fully saturated rings. The highest BCUT2D eigenvalue weighted by molar-refractivity contribution is 5.91. The number of piperidine rings is 1. The standard InChI is InChI=1S/C21H33N3O.2ClH/c1-16(2)10-13-24-14-18-4-3-5-20(19(18)15-24)23-21(25)7-6-17-8-11-22-12-9-17;;/h3-5,16-17,22H,6-15H2,1-2H3,(H,23,25);2*1H. The average Bonchev–Trinajstić information content (AvgIpc) is 3.03. The maximum atomic E-state index is 12.4. The molecule has 6 heteroatoms. The van der Waals surface area contributed by atoms with Gasteiger partial charge >= 0.3 is 0 Å². The minimum Gasteiger partial charge on any atom is -0.326 e. The lowest BCUT2D eigenvalue weighted by Gasteiger charge is -2.22. The second-order valence-electron chi connectivity index (χ2n) is 8.12. The number of amides is 1. The van der Waals surface area contributed by atoms with Gasteiger partial charge in [-0.1, -0.05) is 26.0 Å². The van der Waals surface area contributed by atoms with Crippen molar-refractivity contribution in [1.29, 1.82) is 0 Å². The predicted molar refractivity (Wildman–Crippen MR) is 118 cm³/mol. The van der Waals surface area contributed by atoms with Gasteiger partial charge in [-0.2, -0.15) is 0 Å². The molecule has 2 heterocycles. The molecule has 4 nitrogen and oxygen atoms in total. The van der Waals surface area contributed by atoms with E-state index < -0.39 is 0 Å². The Labute approximate surface area is 176 Å². The summed E-state index contributed by atoms with van der Waals surface area (Å²) in [6.45, 7) is 9.87. The second kappa shape index (κ2) is 11.9. The van der Waals surface area contributed by atoms with Gasteiger partial charge in [-0.25, -0.2) is 0 Å². The third-order valence-corrected chi connectivity index (χ3v) is 5.58. The molecule has 1 aromatic carbocycles. The molecule has 0 saturated carbocycles. The van der Waals surface area contributed by atoms with Crippen LogP contribution in [0.2, 0.25) is 0 Å². The Balaban J connectivity index is 0.00000182. The number of rotatable bonds is 7. The fraction of sp³-hybridized carbons (Fsp3) is 0.667. The molecule has 2 N–H and O–H groups in total. The first kappa shape index (κ1) is 24.2. The van der Waals surface area contributed by atoms with Gasteiger partial charge in [0.1, 0.15) is 0 Å². The van der Waals surface area contributed by atoms with Crippen LogP contribution in [0.1, 0.15) is 57.1 Å². The summed E-state index contributed by atoms with van der Waals surface area (Å²) in [5.41, 5.74) is 3.72. The average molecular weight is 416 g/mol.